The number of hydrogen-bond donors (Lipinski definition) is 2. The average molecular weight is 334 g/mol. The van der Waals surface area contributed by atoms with E-state index >= 15 is 0 Å². The van der Waals surface area contributed by atoms with Gasteiger partial charge in [-0.3, -0.25) is 14.5 Å². The van der Waals surface area contributed by atoms with Gasteiger partial charge in [-0.2, -0.15) is 0 Å². The van der Waals surface area contributed by atoms with Gasteiger partial charge in [-0.25, -0.2) is 0 Å². The van der Waals surface area contributed by atoms with Crippen molar-refractivity contribution in [2.45, 2.75) is 59.2 Å². The fourth-order valence-electron chi connectivity index (χ4n) is 3.75. The Labute approximate surface area is 142 Å². The van der Waals surface area contributed by atoms with Gasteiger partial charge in [-0.1, -0.05) is 5.16 Å². The summed E-state index contributed by atoms with van der Waals surface area (Å²) >= 11 is 0. The number of carbonyl (C=O) groups is 2. The number of carbonyl (C=O) groups excluding carboxylic acids is 2. The van der Waals surface area contributed by atoms with Crippen molar-refractivity contribution in [2.24, 2.45) is 5.41 Å². The van der Waals surface area contributed by atoms with Crippen LogP contribution in [0, 0.1) is 19.3 Å². The second-order valence-electron chi connectivity index (χ2n) is 7.35. The Morgan fingerprint density at radius 2 is 2.25 bits per heavy atom. The fraction of sp³-hybridized carbons (Fsp3) is 0.706. The van der Waals surface area contributed by atoms with Gasteiger partial charge in [0.25, 0.3) is 0 Å². The molecule has 1 spiro atoms. The molecule has 2 aliphatic rings. The molecule has 0 bridgehead atoms. The van der Waals surface area contributed by atoms with Crippen LogP contribution in [0.25, 0.3) is 0 Å². The zero-order chi connectivity index (χ0) is 17.5. The normalized spacial score (nSPS) is 27.2. The van der Waals surface area contributed by atoms with E-state index in [1.807, 2.05) is 13.8 Å². The molecule has 132 valence electrons. The Bertz CT molecular complexity index is 635. The van der Waals surface area contributed by atoms with Crippen molar-refractivity contribution in [1.29, 1.82) is 0 Å². The summed E-state index contributed by atoms with van der Waals surface area (Å²) < 4.78 is 5.10. The molecule has 1 aromatic heterocycles. The number of aromatic nitrogens is 1. The minimum Gasteiger partial charge on any atom is -0.361 e. The third kappa shape index (κ3) is 2.92. The topological polar surface area (TPSA) is 87.5 Å². The highest BCUT2D eigenvalue weighted by molar-refractivity contribution is 5.94. The first-order chi connectivity index (χ1) is 11.3. The molecule has 1 aromatic rings. The van der Waals surface area contributed by atoms with Crippen molar-refractivity contribution in [2.75, 3.05) is 13.1 Å². The molecular formula is C17H26N4O3. The molecule has 0 unspecified atom stereocenters. The molecule has 2 amide bonds. The zero-order valence-corrected chi connectivity index (χ0v) is 14.8. The molecule has 0 aromatic carbocycles. The number of rotatable bonds is 4. The summed E-state index contributed by atoms with van der Waals surface area (Å²) in [5, 5.41) is 9.68. The monoisotopic (exact) mass is 334 g/mol. The van der Waals surface area contributed by atoms with Crippen LogP contribution in [0.5, 0.6) is 0 Å². The molecular weight excluding hydrogens is 308 g/mol. The lowest BCUT2D eigenvalue weighted by atomic mass is 9.84. The Kier molecular flexibility index (Phi) is 4.38. The summed E-state index contributed by atoms with van der Waals surface area (Å²) in [6.45, 7) is 9.98. The summed E-state index contributed by atoms with van der Waals surface area (Å²) in [6.07, 6.45) is 1.40. The molecule has 0 aliphatic carbocycles. The Hall–Kier alpha value is -1.89. The van der Waals surface area contributed by atoms with Gasteiger partial charge >= 0.3 is 0 Å². The van der Waals surface area contributed by atoms with Gasteiger partial charge in [0, 0.05) is 24.7 Å². The molecule has 24 heavy (non-hydrogen) atoms. The van der Waals surface area contributed by atoms with Gasteiger partial charge in [0.2, 0.25) is 11.8 Å². The van der Waals surface area contributed by atoms with Crippen LogP contribution in [-0.4, -0.2) is 47.0 Å². The van der Waals surface area contributed by atoms with Gasteiger partial charge in [-0.05, 0) is 47.1 Å². The summed E-state index contributed by atoms with van der Waals surface area (Å²) in [6, 6.07) is -0.0327. The van der Waals surface area contributed by atoms with Crippen LogP contribution in [0.4, 0.5) is 0 Å². The van der Waals surface area contributed by atoms with Crippen molar-refractivity contribution in [1.82, 2.24) is 20.7 Å². The third-order valence-electron chi connectivity index (χ3n) is 5.43. The quantitative estimate of drug-likeness (QED) is 0.854. The average Bonchev–Trinajstić information content (AvgIpc) is 3.19. The third-order valence-corrected chi connectivity index (χ3v) is 5.43. The first kappa shape index (κ1) is 17.0. The molecule has 2 aliphatic heterocycles. The minimum absolute atomic E-state index is 0.0168. The molecule has 0 radical (unpaired) electrons. The van der Waals surface area contributed by atoms with Crippen LogP contribution >= 0.6 is 0 Å². The molecule has 0 saturated carbocycles. The molecule has 2 saturated heterocycles. The second-order valence-corrected chi connectivity index (χ2v) is 7.35. The highest BCUT2D eigenvalue weighted by Gasteiger charge is 2.52. The first-order valence-corrected chi connectivity index (χ1v) is 8.57. The van der Waals surface area contributed by atoms with E-state index in [4.69, 9.17) is 4.52 Å². The number of nitrogens with zero attached hydrogens (tertiary/aromatic N) is 2. The molecule has 3 heterocycles. The second kappa shape index (κ2) is 6.20. The van der Waals surface area contributed by atoms with Crippen LogP contribution in [0.2, 0.25) is 0 Å². The van der Waals surface area contributed by atoms with Crippen molar-refractivity contribution in [3.05, 3.63) is 17.0 Å². The van der Waals surface area contributed by atoms with Crippen LogP contribution in [0.3, 0.4) is 0 Å². The predicted molar refractivity (Wildman–Crippen MR) is 88.1 cm³/mol. The SMILES string of the molecule is Cc1noc(C)c1CNC(=O)[C@@H]1C[C@@]2(CCN(C(C)C)C2)C(=O)N1. The lowest BCUT2D eigenvalue weighted by molar-refractivity contribution is -0.128. The lowest BCUT2D eigenvalue weighted by Crippen LogP contribution is -2.41. The maximum Gasteiger partial charge on any atom is 0.242 e. The van der Waals surface area contributed by atoms with E-state index in [0.29, 0.717) is 24.8 Å². The number of aryl methyl sites for hydroxylation is 2. The van der Waals surface area contributed by atoms with E-state index in [-0.39, 0.29) is 11.8 Å². The van der Waals surface area contributed by atoms with Crippen LogP contribution in [0.1, 0.15) is 43.7 Å². The largest absolute Gasteiger partial charge is 0.361 e. The van der Waals surface area contributed by atoms with Gasteiger partial charge < -0.3 is 15.2 Å². The molecule has 2 atom stereocenters. The zero-order valence-electron chi connectivity index (χ0n) is 14.8. The molecule has 7 nitrogen and oxygen atoms in total. The summed E-state index contributed by atoms with van der Waals surface area (Å²) in [5.41, 5.74) is 1.27. The van der Waals surface area contributed by atoms with Gasteiger partial charge in [0.05, 0.1) is 11.1 Å². The van der Waals surface area contributed by atoms with E-state index in [2.05, 4.69) is 34.5 Å². The minimum atomic E-state index is -0.454. The van der Waals surface area contributed by atoms with Crippen LogP contribution < -0.4 is 10.6 Å². The van der Waals surface area contributed by atoms with Crippen LogP contribution in [-0.2, 0) is 16.1 Å². The van der Waals surface area contributed by atoms with E-state index < -0.39 is 11.5 Å². The van der Waals surface area contributed by atoms with Crippen molar-refractivity contribution < 1.29 is 14.1 Å². The lowest BCUT2D eigenvalue weighted by Gasteiger charge is -2.23. The first-order valence-electron chi connectivity index (χ1n) is 8.57. The highest BCUT2D eigenvalue weighted by atomic mass is 16.5. The van der Waals surface area contributed by atoms with E-state index in [1.165, 1.54) is 0 Å². The standard InChI is InChI=1S/C17H26N4O3/c1-10(2)21-6-5-17(9-21)7-14(19-16(17)23)15(22)18-8-13-11(3)20-24-12(13)4/h10,14H,5-9H2,1-4H3,(H,18,22)(H,19,23)/t14-,17+/m0/s1. The van der Waals surface area contributed by atoms with E-state index in [0.717, 1.165) is 30.8 Å². The summed E-state index contributed by atoms with van der Waals surface area (Å²) in [7, 11) is 0. The maximum absolute atomic E-state index is 12.5. The summed E-state index contributed by atoms with van der Waals surface area (Å²) in [4.78, 5) is 27.3. The fourth-order valence-corrected chi connectivity index (χ4v) is 3.75. The van der Waals surface area contributed by atoms with Gasteiger partial charge in [0.15, 0.2) is 0 Å². The number of likely N-dealkylation sites (tertiary alicyclic amines) is 1. The van der Waals surface area contributed by atoms with Crippen molar-refractivity contribution in [3.8, 4) is 0 Å². The molecule has 2 N–H and O–H groups in total. The highest BCUT2D eigenvalue weighted by Crippen LogP contribution is 2.40. The number of nitrogens with one attached hydrogen (secondary N) is 2. The summed E-state index contributed by atoms with van der Waals surface area (Å²) in [5.74, 6) is 0.592. The van der Waals surface area contributed by atoms with Gasteiger partial charge in [0.1, 0.15) is 11.8 Å². The molecule has 3 rings (SSSR count). The number of amides is 2. The smallest absolute Gasteiger partial charge is 0.242 e. The van der Waals surface area contributed by atoms with Crippen molar-refractivity contribution in [3.63, 3.8) is 0 Å². The molecule has 7 heteroatoms. The maximum atomic E-state index is 12.5. The number of hydrogen-bond acceptors (Lipinski definition) is 5. The Balaban J connectivity index is 1.61. The van der Waals surface area contributed by atoms with E-state index in [1.54, 1.807) is 0 Å². The van der Waals surface area contributed by atoms with Crippen molar-refractivity contribution >= 4 is 11.8 Å². The Morgan fingerprint density at radius 1 is 1.50 bits per heavy atom. The Morgan fingerprint density at radius 3 is 2.83 bits per heavy atom. The molecule has 2 fully saturated rings. The van der Waals surface area contributed by atoms with Crippen LogP contribution in [0.15, 0.2) is 4.52 Å². The predicted octanol–water partition coefficient (Wildman–Crippen LogP) is 0.897. The van der Waals surface area contributed by atoms with Gasteiger partial charge in [-0.15, -0.1) is 0 Å². The van der Waals surface area contributed by atoms with E-state index in [9.17, 15) is 9.59 Å².